The lowest BCUT2D eigenvalue weighted by atomic mass is 9.93. The number of hydrogen-bond donors (Lipinski definition) is 0. The molecule has 0 atom stereocenters. The highest BCUT2D eigenvalue weighted by Gasteiger charge is 2.29. The number of rotatable bonds is 4. The van der Waals surface area contributed by atoms with Gasteiger partial charge in [-0.3, -0.25) is 4.79 Å². The molecule has 3 rings (SSSR count). The second-order valence-electron chi connectivity index (χ2n) is 7.43. The summed E-state index contributed by atoms with van der Waals surface area (Å²) in [4.78, 5) is 20.3. The third-order valence-electron chi connectivity index (χ3n) is 4.54. The first kappa shape index (κ1) is 18.4. The minimum Gasteiger partial charge on any atom is -0.492 e. The zero-order valence-corrected chi connectivity index (χ0v) is 17.0. The molecule has 1 saturated heterocycles. The van der Waals surface area contributed by atoms with Crippen LogP contribution >= 0.6 is 22.7 Å². The van der Waals surface area contributed by atoms with Crippen LogP contribution in [0.2, 0.25) is 0 Å². The molecule has 0 radical (unpaired) electrons. The number of thiazole rings is 1. The van der Waals surface area contributed by atoms with Crippen LogP contribution in [0.1, 0.15) is 66.8 Å². The smallest absolute Gasteiger partial charge is 0.267 e. The van der Waals surface area contributed by atoms with E-state index in [0.717, 1.165) is 36.6 Å². The Morgan fingerprint density at radius 3 is 2.64 bits per heavy atom. The molecule has 2 aromatic rings. The highest BCUT2D eigenvalue weighted by atomic mass is 32.1. The Morgan fingerprint density at radius 1 is 1.32 bits per heavy atom. The molecule has 25 heavy (non-hydrogen) atoms. The highest BCUT2D eigenvalue weighted by Crippen LogP contribution is 2.34. The van der Waals surface area contributed by atoms with Crippen LogP contribution in [0.3, 0.4) is 0 Å². The van der Waals surface area contributed by atoms with Crippen LogP contribution in [0.5, 0.6) is 5.75 Å². The Labute approximate surface area is 157 Å². The molecule has 1 aliphatic heterocycles. The molecule has 0 spiro atoms. The molecule has 0 aromatic carbocycles. The Kier molecular flexibility index (Phi) is 5.49. The third-order valence-corrected chi connectivity index (χ3v) is 6.44. The van der Waals surface area contributed by atoms with Crippen LogP contribution < -0.4 is 4.74 Å². The van der Waals surface area contributed by atoms with Crippen molar-refractivity contribution >= 4 is 28.6 Å². The minimum atomic E-state index is 0.0975. The molecule has 2 aromatic heterocycles. The lowest BCUT2D eigenvalue weighted by Crippen LogP contribution is -2.37. The van der Waals surface area contributed by atoms with Crippen LogP contribution in [0, 0.1) is 0 Å². The molecule has 6 heteroatoms. The lowest BCUT2D eigenvalue weighted by Gasteiger charge is -2.31. The van der Waals surface area contributed by atoms with Gasteiger partial charge in [-0.2, -0.15) is 0 Å². The first-order valence-electron chi connectivity index (χ1n) is 8.85. The SMILES string of the molecule is CCOc1ccsc1C(=O)N1CCC(c2nc(C(C)(C)C)cs2)CC1. The third kappa shape index (κ3) is 4.06. The first-order chi connectivity index (χ1) is 11.9. The number of nitrogens with zero attached hydrogens (tertiary/aromatic N) is 2. The van der Waals surface area contributed by atoms with E-state index >= 15 is 0 Å². The number of hydrogen-bond acceptors (Lipinski definition) is 5. The molecule has 4 nitrogen and oxygen atoms in total. The van der Waals surface area contributed by atoms with Gasteiger partial charge in [-0.15, -0.1) is 22.7 Å². The van der Waals surface area contributed by atoms with E-state index in [2.05, 4.69) is 26.2 Å². The average molecular weight is 379 g/mol. The molecule has 0 aliphatic carbocycles. The van der Waals surface area contributed by atoms with Gasteiger partial charge in [0.25, 0.3) is 5.91 Å². The van der Waals surface area contributed by atoms with Crippen molar-refractivity contribution in [1.29, 1.82) is 0 Å². The van der Waals surface area contributed by atoms with Crippen molar-refractivity contribution in [2.45, 2.75) is 51.9 Å². The van der Waals surface area contributed by atoms with Gasteiger partial charge in [-0.05, 0) is 31.2 Å². The highest BCUT2D eigenvalue weighted by molar-refractivity contribution is 7.12. The summed E-state index contributed by atoms with van der Waals surface area (Å²) in [6, 6.07) is 1.89. The molecule has 0 saturated carbocycles. The van der Waals surface area contributed by atoms with Gasteiger partial charge in [-0.25, -0.2) is 4.98 Å². The second kappa shape index (κ2) is 7.46. The number of aromatic nitrogens is 1. The fourth-order valence-corrected chi connectivity index (χ4v) is 5.03. The van der Waals surface area contributed by atoms with Gasteiger partial charge in [-0.1, -0.05) is 20.8 Å². The quantitative estimate of drug-likeness (QED) is 0.758. The van der Waals surface area contributed by atoms with Crippen molar-refractivity contribution in [3.63, 3.8) is 0 Å². The molecule has 1 fully saturated rings. The van der Waals surface area contributed by atoms with E-state index in [9.17, 15) is 4.79 Å². The van der Waals surface area contributed by atoms with E-state index in [0.29, 0.717) is 12.5 Å². The van der Waals surface area contributed by atoms with Gasteiger partial charge in [0.15, 0.2) is 0 Å². The molecule has 0 bridgehead atoms. The van der Waals surface area contributed by atoms with Crippen molar-refractivity contribution in [2.24, 2.45) is 0 Å². The maximum Gasteiger partial charge on any atom is 0.267 e. The summed E-state index contributed by atoms with van der Waals surface area (Å²) in [5, 5.41) is 5.34. The lowest BCUT2D eigenvalue weighted by molar-refractivity contribution is 0.0714. The number of carbonyl (C=O) groups is 1. The normalized spacial score (nSPS) is 16.2. The monoisotopic (exact) mass is 378 g/mol. The molecule has 0 N–H and O–H groups in total. The summed E-state index contributed by atoms with van der Waals surface area (Å²) >= 11 is 3.23. The Balaban J connectivity index is 1.62. The summed E-state index contributed by atoms with van der Waals surface area (Å²) < 4.78 is 5.57. The van der Waals surface area contributed by atoms with Crippen LogP contribution in [-0.4, -0.2) is 35.5 Å². The van der Waals surface area contributed by atoms with Crippen molar-refractivity contribution < 1.29 is 9.53 Å². The number of carbonyl (C=O) groups excluding carboxylic acids is 1. The predicted octanol–water partition coefficient (Wildman–Crippen LogP) is 4.92. The molecule has 0 unspecified atom stereocenters. The van der Waals surface area contributed by atoms with Crippen LogP contribution in [0.15, 0.2) is 16.8 Å². The fourth-order valence-electron chi connectivity index (χ4n) is 3.02. The van der Waals surface area contributed by atoms with Gasteiger partial charge in [0.1, 0.15) is 10.6 Å². The van der Waals surface area contributed by atoms with E-state index in [1.807, 2.05) is 23.3 Å². The summed E-state index contributed by atoms with van der Waals surface area (Å²) in [6.45, 7) is 10.7. The zero-order chi connectivity index (χ0) is 18.0. The van der Waals surface area contributed by atoms with Crippen molar-refractivity contribution in [3.05, 3.63) is 32.4 Å². The molecular weight excluding hydrogens is 352 g/mol. The number of likely N-dealkylation sites (tertiary alicyclic amines) is 1. The molecular formula is C19H26N2O2S2. The molecule has 136 valence electrons. The zero-order valence-electron chi connectivity index (χ0n) is 15.4. The maximum atomic E-state index is 12.8. The van der Waals surface area contributed by atoms with Crippen LogP contribution in [0.25, 0.3) is 0 Å². The first-order valence-corrected chi connectivity index (χ1v) is 10.6. The average Bonchev–Trinajstić information content (AvgIpc) is 3.24. The Morgan fingerprint density at radius 2 is 2.04 bits per heavy atom. The number of ether oxygens (including phenoxy) is 1. The van der Waals surface area contributed by atoms with Crippen molar-refractivity contribution in [1.82, 2.24) is 9.88 Å². The van der Waals surface area contributed by atoms with Crippen LogP contribution in [0.4, 0.5) is 0 Å². The summed E-state index contributed by atoms with van der Waals surface area (Å²) in [5.41, 5.74) is 1.27. The second-order valence-corrected chi connectivity index (χ2v) is 9.24. The maximum absolute atomic E-state index is 12.8. The Bertz CT molecular complexity index is 722. The summed E-state index contributed by atoms with van der Waals surface area (Å²) in [5.74, 6) is 1.29. The minimum absolute atomic E-state index is 0.0975. The molecule has 1 amide bonds. The standard InChI is InChI=1S/C19H26N2O2S2/c1-5-23-14-8-11-24-16(14)18(22)21-9-6-13(7-10-21)17-20-15(12-25-17)19(2,3)4/h8,11-13H,5-7,9-10H2,1-4H3. The van der Waals surface area contributed by atoms with E-state index in [1.54, 1.807) is 11.3 Å². The van der Waals surface area contributed by atoms with E-state index in [4.69, 9.17) is 9.72 Å². The fraction of sp³-hybridized carbons (Fsp3) is 0.579. The van der Waals surface area contributed by atoms with Crippen molar-refractivity contribution in [3.8, 4) is 5.75 Å². The summed E-state index contributed by atoms with van der Waals surface area (Å²) in [6.07, 6.45) is 1.97. The molecule has 1 aliphatic rings. The van der Waals surface area contributed by atoms with E-state index < -0.39 is 0 Å². The van der Waals surface area contributed by atoms with Crippen LogP contribution in [-0.2, 0) is 5.41 Å². The number of amides is 1. The van der Waals surface area contributed by atoms with E-state index in [1.165, 1.54) is 22.0 Å². The van der Waals surface area contributed by atoms with Crippen molar-refractivity contribution in [2.75, 3.05) is 19.7 Å². The predicted molar refractivity (Wildman–Crippen MR) is 104 cm³/mol. The van der Waals surface area contributed by atoms with E-state index in [-0.39, 0.29) is 11.3 Å². The molecule has 3 heterocycles. The summed E-state index contributed by atoms with van der Waals surface area (Å²) in [7, 11) is 0. The van der Waals surface area contributed by atoms with Gasteiger partial charge >= 0.3 is 0 Å². The van der Waals surface area contributed by atoms with Gasteiger partial charge < -0.3 is 9.64 Å². The Hall–Kier alpha value is -1.40. The topological polar surface area (TPSA) is 42.4 Å². The van der Waals surface area contributed by atoms with Gasteiger partial charge in [0, 0.05) is 29.8 Å². The largest absolute Gasteiger partial charge is 0.492 e. The number of thiophene rings is 1. The van der Waals surface area contributed by atoms with Gasteiger partial charge in [0.2, 0.25) is 0 Å². The van der Waals surface area contributed by atoms with Gasteiger partial charge in [0.05, 0.1) is 17.3 Å². The number of piperidine rings is 1.